The maximum atomic E-state index is 5.81. The lowest BCUT2D eigenvalue weighted by Gasteiger charge is -2.18. The first-order chi connectivity index (χ1) is 12.2. The zero-order chi connectivity index (χ0) is 17.5. The highest BCUT2D eigenvalue weighted by molar-refractivity contribution is 14.0. The van der Waals surface area contributed by atoms with Crippen LogP contribution in [0.1, 0.15) is 24.0 Å². The van der Waals surface area contributed by atoms with E-state index in [0.717, 1.165) is 37.5 Å². The normalized spacial score (nSPS) is 15.1. The highest BCUT2D eigenvalue weighted by Gasteiger charge is 2.42. The van der Waals surface area contributed by atoms with Crippen molar-refractivity contribution in [1.82, 2.24) is 15.6 Å². The number of aliphatic imine (C=N–C) groups is 1. The molecule has 1 fully saturated rings. The lowest BCUT2D eigenvalue weighted by atomic mass is 9.96. The minimum absolute atomic E-state index is 0. The number of pyridine rings is 1. The van der Waals surface area contributed by atoms with Gasteiger partial charge in [-0.2, -0.15) is 0 Å². The lowest BCUT2D eigenvalue weighted by molar-refractivity contribution is 0.492. The molecule has 0 spiro atoms. The van der Waals surface area contributed by atoms with Gasteiger partial charge in [-0.05, 0) is 48.3 Å². The van der Waals surface area contributed by atoms with E-state index >= 15 is 0 Å². The molecule has 1 heterocycles. The molecule has 140 valence electrons. The van der Waals surface area contributed by atoms with Gasteiger partial charge in [-0.3, -0.25) is 4.99 Å². The van der Waals surface area contributed by atoms with E-state index < -0.39 is 0 Å². The fraction of sp³-hybridized carbons (Fsp3) is 0.400. The largest absolute Gasteiger partial charge is 0.356 e. The Morgan fingerprint density at radius 1 is 1.12 bits per heavy atom. The number of guanidine groups is 1. The predicted molar refractivity (Wildman–Crippen MR) is 120 cm³/mol. The molecular formula is C20H26ClIN4. The van der Waals surface area contributed by atoms with E-state index in [0.29, 0.717) is 10.6 Å². The molecule has 2 N–H and O–H groups in total. The Labute approximate surface area is 177 Å². The average molecular weight is 485 g/mol. The molecule has 0 atom stereocenters. The summed E-state index contributed by atoms with van der Waals surface area (Å²) < 4.78 is 0. The van der Waals surface area contributed by atoms with Crippen molar-refractivity contribution in [3.8, 4) is 0 Å². The second-order valence-electron chi connectivity index (χ2n) is 6.75. The Hall–Kier alpha value is -1.34. The zero-order valence-corrected chi connectivity index (χ0v) is 18.1. The maximum Gasteiger partial charge on any atom is 0.191 e. The molecule has 2 aromatic rings. The van der Waals surface area contributed by atoms with Crippen LogP contribution in [0.4, 0.5) is 0 Å². The summed E-state index contributed by atoms with van der Waals surface area (Å²) >= 11 is 5.81. The fourth-order valence-electron chi connectivity index (χ4n) is 2.99. The highest BCUT2D eigenvalue weighted by Crippen LogP contribution is 2.47. The van der Waals surface area contributed by atoms with Crippen LogP contribution in [0, 0.1) is 5.41 Å². The van der Waals surface area contributed by atoms with Crippen LogP contribution < -0.4 is 10.6 Å². The van der Waals surface area contributed by atoms with Gasteiger partial charge < -0.3 is 10.6 Å². The number of aromatic nitrogens is 1. The molecule has 1 aliphatic rings. The number of benzene rings is 1. The summed E-state index contributed by atoms with van der Waals surface area (Å²) in [6.07, 6.45) is 6.40. The first-order valence-electron chi connectivity index (χ1n) is 8.78. The molecule has 0 unspecified atom stereocenters. The number of halogens is 2. The van der Waals surface area contributed by atoms with Crippen molar-refractivity contribution in [3.05, 3.63) is 64.9 Å². The van der Waals surface area contributed by atoms with Crippen LogP contribution >= 0.6 is 35.6 Å². The van der Waals surface area contributed by atoms with Gasteiger partial charge in [0.15, 0.2) is 5.96 Å². The van der Waals surface area contributed by atoms with Crippen LogP contribution in [-0.2, 0) is 12.8 Å². The summed E-state index contributed by atoms with van der Waals surface area (Å²) in [5, 5.41) is 7.39. The summed E-state index contributed by atoms with van der Waals surface area (Å²) in [4.78, 5) is 8.43. The number of hydrogen-bond donors (Lipinski definition) is 2. The third-order valence-electron chi connectivity index (χ3n) is 4.73. The Kier molecular flexibility index (Phi) is 8.15. The monoisotopic (exact) mass is 484 g/mol. The van der Waals surface area contributed by atoms with Crippen LogP contribution in [0.25, 0.3) is 0 Å². The van der Waals surface area contributed by atoms with Crippen LogP contribution in [0.2, 0.25) is 5.15 Å². The van der Waals surface area contributed by atoms with Gasteiger partial charge >= 0.3 is 0 Å². The van der Waals surface area contributed by atoms with Crippen molar-refractivity contribution < 1.29 is 0 Å². The number of nitrogens with one attached hydrogen (secondary N) is 2. The number of nitrogens with zero attached hydrogens (tertiary/aromatic N) is 2. The molecule has 3 rings (SSSR count). The molecule has 26 heavy (non-hydrogen) atoms. The van der Waals surface area contributed by atoms with Crippen LogP contribution in [0.3, 0.4) is 0 Å². The van der Waals surface area contributed by atoms with Crippen molar-refractivity contribution >= 4 is 41.5 Å². The van der Waals surface area contributed by atoms with Crippen molar-refractivity contribution in [2.75, 3.05) is 20.1 Å². The van der Waals surface area contributed by atoms with Gasteiger partial charge in [0.2, 0.25) is 0 Å². The minimum Gasteiger partial charge on any atom is -0.356 e. The van der Waals surface area contributed by atoms with Crippen molar-refractivity contribution in [2.24, 2.45) is 10.4 Å². The highest BCUT2D eigenvalue weighted by atomic mass is 127. The Morgan fingerprint density at radius 2 is 1.88 bits per heavy atom. The van der Waals surface area contributed by atoms with Gasteiger partial charge in [-0.1, -0.05) is 48.0 Å². The first-order valence-corrected chi connectivity index (χ1v) is 9.16. The van der Waals surface area contributed by atoms with Crippen LogP contribution in [-0.4, -0.2) is 31.1 Å². The summed E-state index contributed by atoms with van der Waals surface area (Å²) in [5.74, 6) is 0.862. The molecule has 1 aromatic carbocycles. The van der Waals surface area contributed by atoms with E-state index in [1.54, 1.807) is 0 Å². The quantitative estimate of drug-likeness (QED) is 0.269. The maximum absolute atomic E-state index is 5.81. The number of hydrogen-bond acceptors (Lipinski definition) is 2. The van der Waals surface area contributed by atoms with E-state index in [9.17, 15) is 0 Å². The second kappa shape index (κ2) is 10.1. The molecule has 0 saturated heterocycles. The van der Waals surface area contributed by atoms with E-state index in [2.05, 4.69) is 50.9 Å². The SMILES string of the molecule is CN=C(NCCc1ccc(Cl)nc1)NCC1(Cc2ccccc2)CC1.I. The first kappa shape index (κ1) is 21.0. The summed E-state index contributed by atoms with van der Waals surface area (Å²) in [6.45, 7) is 1.78. The van der Waals surface area contributed by atoms with E-state index in [4.69, 9.17) is 11.6 Å². The molecule has 0 aliphatic heterocycles. The molecule has 0 radical (unpaired) electrons. The molecule has 1 aliphatic carbocycles. The Bertz CT molecular complexity index is 700. The van der Waals surface area contributed by atoms with Crippen molar-refractivity contribution in [1.29, 1.82) is 0 Å². The van der Waals surface area contributed by atoms with Gasteiger partial charge in [0.1, 0.15) is 5.15 Å². The van der Waals surface area contributed by atoms with E-state index in [-0.39, 0.29) is 24.0 Å². The van der Waals surface area contributed by atoms with Crippen molar-refractivity contribution in [3.63, 3.8) is 0 Å². The van der Waals surface area contributed by atoms with Gasteiger partial charge in [-0.15, -0.1) is 24.0 Å². The molecule has 0 bridgehead atoms. The zero-order valence-electron chi connectivity index (χ0n) is 15.0. The second-order valence-corrected chi connectivity index (χ2v) is 7.14. The summed E-state index contributed by atoms with van der Waals surface area (Å²) in [7, 11) is 1.82. The molecule has 1 saturated carbocycles. The van der Waals surface area contributed by atoms with Gasteiger partial charge in [0.25, 0.3) is 0 Å². The van der Waals surface area contributed by atoms with E-state index in [1.165, 1.54) is 18.4 Å². The third-order valence-corrected chi connectivity index (χ3v) is 4.95. The lowest BCUT2D eigenvalue weighted by Crippen LogP contribution is -2.41. The standard InChI is InChI=1S/C20H25ClN4.HI/c1-22-19(23-12-9-17-7-8-18(21)24-14-17)25-15-20(10-11-20)13-16-5-3-2-4-6-16;/h2-8,14H,9-13,15H2,1H3,(H2,22,23,25);1H. The molecule has 0 amide bonds. The number of rotatable bonds is 7. The Balaban J connectivity index is 0.00000243. The molecule has 1 aromatic heterocycles. The van der Waals surface area contributed by atoms with Crippen LogP contribution in [0.5, 0.6) is 0 Å². The van der Waals surface area contributed by atoms with Gasteiger partial charge in [0, 0.05) is 26.3 Å². The van der Waals surface area contributed by atoms with Crippen molar-refractivity contribution in [2.45, 2.75) is 25.7 Å². The van der Waals surface area contributed by atoms with Crippen LogP contribution in [0.15, 0.2) is 53.7 Å². The smallest absolute Gasteiger partial charge is 0.191 e. The van der Waals surface area contributed by atoms with Gasteiger partial charge in [-0.25, -0.2) is 4.98 Å². The topological polar surface area (TPSA) is 49.3 Å². The molecule has 4 nitrogen and oxygen atoms in total. The summed E-state index contributed by atoms with van der Waals surface area (Å²) in [5.41, 5.74) is 2.97. The average Bonchev–Trinajstić information content (AvgIpc) is 3.40. The van der Waals surface area contributed by atoms with E-state index in [1.807, 2.05) is 25.4 Å². The summed E-state index contributed by atoms with van der Waals surface area (Å²) in [6, 6.07) is 14.6. The third kappa shape index (κ3) is 6.43. The molecule has 6 heteroatoms. The molecular weight excluding hydrogens is 459 g/mol. The Morgan fingerprint density at radius 3 is 2.50 bits per heavy atom. The predicted octanol–water partition coefficient (Wildman–Crippen LogP) is 4.08. The fourth-order valence-corrected chi connectivity index (χ4v) is 3.10. The van der Waals surface area contributed by atoms with Gasteiger partial charge in [0.05, 0.1) is 0 Å². The minimum atomic E-state index is 0.